The van der Waals surface area contributed by atoms with Gasteiger partial charge in [-0.2, -0.15) is 13.2 Å². The highest BCUT2D eigenvalue weighted by Gasteiger charge is 2.34. The first kappa shape index (κ1) is 17.3. The molecule has 0 aromatic rings. The Kier molecular flexibility index (Phi) is 6.26. The standard InChI is InChI=1S/C15H23F3N2O2/c16-15(17,18)11-20-7-1-2-13(10-20)14(21)19-6-3-12-4-8-22-9-5-12/h4,13H,1-3,5-11H2,(H,19,21)/t13-/m0/s1. The highest BCUT2D eigenvalue weighted by Crippen LogP contribution is 2.22. The summed E-state index contributed by atoms with van der Waals surface area (Å²) in [6.45, 7) is 1.56. The van der Waals surface area contributed by atoms with E-state index in [1.807, 2.05) is 6.08 Å². The molecule has 1 saturated heterocycles. The Morgan fingerprint density at radius 2 is 2.27 bits per heavy atom. The number of alkyl halides is 3. The van der Waals surface area contributed by atoms with Crippen molar-refractivity contribution in [2.75, 3.05) is 39.4 Å². The zero-order chi connectivity index (χ0) is 16.0. The number of halogens is 3. The first-order valence-electron chi connectivity index (χ1n) is 7.76. The average Bonchev–Trinajstić information content (AvgIpc) is 2.47. The monoisotopic (exact) mass is 320 g/mol. The second-order valence-electron chi connectivity index (χ2n) is 5.92. The van der Waals surface area contributed by atoms with Gasteiger partial charge in [-0.3, -0.25) is 9.69 Å². The SMILES string of the molecule is O=C(NCCC1=CCOCC1)[C@H]1CCCN(CC(F)(F)F)C1. The molecule has 2 heterocycles. The van der Waals surface area contributed by atoms with Crippen LogP contribution in [0.5, 0.6) is 0 Å². The fraction of sp³-hybridized carbons (Fsp3) is 0.800. The molecule has 1 atom stereocenters. The molecule has 22 heavy (non-hydrogen) atoms. The third kappa shape index (κ3) is 5.96. The van der Waals surface area contributed by atoms with Crippen molar-refractivity contribution in [3.63, 3.8) is 0 Å². The Labute approximate surface area is 128 Å². The third-order valence-corrected chi connectivity index (χ3v) is 4.08. The fourth-order valence-electron chi connectivity index (χ4n) is 2.95. The van der Waals surface area contributed by atoms with Gasteiger partial charge in [0.1, 0.15) is 0 Å². The van der Waals surface area contributed by atoms with E-state index in [1.165, 1.54) is 10.5 Å². The molecule has 1 N–H and O–H groups in total. The van der Waals surface area contributed by atoms with Crippen molar-refractivity contribution >= 4 is 5.91 Å². The maximum Gasteiger partial charge on any atom is 0.401 e. The summed E-state index contributed by atoms with van der Waals surface area (Å²) >= 11 is 0. The molecule has 0 radical (unpaired) electrons. The zero-order valence-corrected chi connectivity index (χ0v) is 12.6. The summed E-state index contributed by atoms with van der Waals surface area (Å²) in [6, 6.07) is 0. The van der Waals surface area contributed by atoms with Crippen LogP contribution in [0.4, 0.5) is 13.2 Å². The maximum absolute atomic E-state index is 12.4. The van der Waals surface area contributed by atoms with Crippen LogP contribution < -0.4 is 5.32 Å². The molecular formula is C15H23F3N2O2. The Hall–Kier alpha value is -1.08. The van der Waals surface area contributed by atoms with Crippen LogP contribution in [0.3, 0.4) is 0 Å². The quantitative estimate of drug-likeness (QED) is 0.789. The van der Waals surface area contributed by atoms with Gasteiger partial charge in [-0.25, -0.2) is 0 Å². The first-order chi connectivity index (χ1) is 10.4. The summed E-state index contributed by atoms with van der Waals surface area (Å²) in [6.07, 6.45) is 0.801. The van der Waals surface area contributed by atoms with E-state index >= 15 is 0 Å². The molecule has 2 aliphatic rings. The van der Waals surface area contributed by atoms with Gasteiger partial charge in [0.05, 0.1) is 25.7 Å². The topological polar surface area (TPSA) is 41.6 Å². The molecule has 0 aliphatic carbocycles. The Morgan fingerprint density at radius 3 is 2.95 bits per heavy atom. The highest BCUT2D eigenvalue weighted by atomic mass is 19.4. The second kappa shape index (κ2) is 7.97. The highest BCUT2D eigenvalue weighted by molar-refractivity contribution is 5.78. The van der Waals surface area contributed by atoms with Gasteiger partial charge in [-0.15, -0.1) is 0 Å². The third-order valence-electron chi connectivity index (χ3n) is 4.08. The van der Waals surface area contributed by atoms with Gasteiger partial charge in [0.25, 0.3) is 0 Å². The number of ether oxygens (including phenoxy) is 1. The van der Waals surface area contributed by atoms with E-state index in [0.717, 1.165) is 19.4 Å². The van der Waals surface area contributed by atoms with E-state index in [4.69, 9.17) is 4.74 Å². The van der Waals surface area contributed by atoms with Gasteiger partial charge in [0, 0.05) is 13.1 Å². The van der Waals surface area contributed by atoms with Crippen molar-refractivity contribution in [1.82, 2.24) is 10.2 Å². The average molecular weight is 320 g/mol. The number of rotatable bonds is 5. The molecule has 126 valence electrons. The van der Waals surface area contributed by atoms with Crippen LogP contribution in [0.1, 0.15) is 25.7 Å². The van der Waals surface area contributed by atoms with Gasteiger partial charge < -0.3 is 10.1 Å². The van der Waals surface area contributed by atoms with Crippen molar-refractivity contribution in [1.29, 1.82) is 0 Å². The number of hydrogen-bond donors (Lipinski definition) is 1. The van der Waals surface area contributed by atoms with Crippen LogP contribution in [0.25, 0.3) is 0 Å². The van der Waals surface area contributed by atoms with Gasteiger partial charge >= 0.3 is 6.18 Å². The molecule has 0 saturated carbocycles. The molecule has 7 heteroatoms. The Bertz CT molecular complexity index is 410. The summed E-state index contributed by atoms with van der Waals surface area (Å²) in [5.41, 5.74) is 1.27. The number of carbonyl (C=O) groups excluding carboxylic acids is 1. The number of likely N-dealkylation sites (tertiary alicyclic amines) is 1. The van der Waals surface area contributed by atoms with E-state index < -0.39 is 12.7 Å². The van der Waals surface area contributed by atoms with E-state index in [-0.39, 0.29) is 18.4 Å². The minimum atomic E-state index is -4.20. The Morgan fingerprint density at radius 1 is 1.45 bits per heavy atom. The molecule has 2 aliphatic heterocycles. The summed E-state index contributed by atoms with van der Waals surface area (Å²) < 4.78 is 42.5. The van der Waals surface area contributed by atoms with Crippen molar-refractivity contribution in [2.24, 2.45) is 5.92 Å². The number of nitrogens with zero attached hydrogens (tertiary/aromatic N) is 1. The van der Waals surface area contributed by atoms with Gasteiger partial charge in [-0.1, -0.05) is 11.6 Å². The van der Waals surface area contributed by atoms with Gasteiger partial charge in [0.2, 0.25) is 5.91 Å². The normalized spacial score (nSPS) is 24.0. The number of carbonyl (C=O) groups is 1. The molecular weight excluding hydrogens is 297 g/mol. The van der Waals surface area contributed by atoms with Crippen molar-refractivity contribution in [3.05, 3.63) is 11.6 Å². The van der Waals surface area contributed by atoms with Crippen LogP contribution in [0.2, 0.25) is 0 Å². The lowest BCUT2D eigenvalue weighted by Gasteiger charge is -2.32. The smallest absolute Gasteiger partial charge is 0.377 e. The summed E-state index contributed by atoms with van der Waals surface area (Å²) in [5.74, 6) is -0.459. The van der Waals surface area contributed by atoms with Gasteiger partial charge in [0.15, 0.2) is 0 Å². The fourth-order valence-corrected chi connectivity index (χ4v) is 2.95. The number of amides is 1. The Balaban J connectivity index is 1.71. The molecule has 1 amide bonds. The van der Waals surface area contributed by atoms with Crippen molar-refractivity contribution in [3.8, 4) is 0 Å². The lowest BCUT2D eigenvalue weighted by molar-refractivity contribution is -0.152. The predicted molar refractivity (Wildman–Crippen MR) is 76.4 cm³/mol. The summed E-state index contributed by atoms with van der Waals surface area (Å²) in [4.78, 5) is 13.4. The second-order valence-corrected chi connectivity index (χ2v) is 5.92. The minimum absolute atomic E-state index is 0.125. The lowest BCUT2D eigenvalue weighted by atomic mass is 9.97. The van der Waals surface area contributed by atoms with E-state index in [2.05, 4.69) is 5.32 Å². The number of piperidine rings is 1. The first-order valence-corrected chi connectivity index (χ1v) is 7.76. The molecule has 0 aromatic carbocycles. The number of nitrogens with one attached hydrogen (secondary N) is 1. The van der Waals surface area contributed by atoms with Crippen LogP contribution in [-0.4, -0.2) is 56.4 Å². The molecule has 0 bridgehead atoms. The molecule has 2 rings (SSSR count). The largest absolute Gasteiger partial charge is 0.401 e. The predicted octanol–water partition coefficient (Wildman–Crippen LogP) is 2.11. The molecule has 0 aromatic heterocycles. The van der Waals surface area contributed by atoms with E-state index in [1.54, 1.807) is 0 Å². The zero-order valence-electron chi connectivity index (χ0n) is 12.6. The van der Waals surface area contributed by atoms with E-state index in [9.17, 15) is 18.0 Å². The summed E-state index contributed by atoms with van der Waals surface area (Å²) in [5, 5.41) is 2.85. The lowest BCUT2D eigenvalue weighted by Crippen LogP contribution is -2.46. The van der Waals surface area contributed by atoms with Crippen LogP contribution >= 0.6 is 0 Å². The maximum atomic E-state index is 12.4. The van der Waals surface area contributed by atoms with Crippen LogP contribution in [0.15, 0.2) is 11.6 Å². The summed E-state index contributed by atoms with van der Waals surface area (Å²) in [7, 11) is 0. The number of hydrogen-bond acceptors (Lipinski definition) is 3. The van der Waals surface area contributed by atoms with Gasteiger partial charge in [-0.05, 0) is 32.2 Å². The minimum Gasteiger partial charge on any atom is -0.377 e. The molecule has 0 unspecified atom stereocenters. The van der Waals surface area contributed by atoms with E-state index in [0.29, 0.717) is 32.5 Å². The van der Waals surface area contributed by atoms with Crippen molar-refractivity contribution < 1.29 is 22.7 Å². The molecule has 1 fully saturated rings. The molecule has 4 nitrogen and oxygen atoms in total. The van der Waals surface area contributed by atoms with Crippen LogP contribution in [-0.2, 0) is 9.53 Å². The van der Waals surface area contributed by atoms with Crippen molar-refractivity contribution in [2.45, 2.75) is 31.9 Å². The van der Waals surface area contributed by atoms with Crippen LogP contribution in [0, 0.1) is 5.92 Å². The molecule has 0 spiro atoms.